The molecule has 20 heavy (non-hydrogen) atoms. The van der Waals surface area contributed by atoms with E-state index in [-0.39, 0.29) is 28.6 Å². The Morgan fingerprint density at radius 2 is 2.10 bits per heavy atom. The van der Waals surface area contributed by atoms with Crippen LogP contribution in [-0.2, 0) is 6.54 Å². The van der Waals surface area contributed by atoms with E-state index in [0.29, 0.717) is 12.8 Å². The van der Waals surface area contributed by atoms with Gasteiger partial charge in [0.05, 0.1) is 5.56 Å². The molecule has 0 aliphatic rings. The van der Waals surface area contributed by atoms with Gasteiger partial charge in [-0.2, -0.15) is 5.10 Å². The van der Waals surface area contributed by atoms with Crippen LogP contribution in [0.15, 0.2) is 18.2 Å². The molecule has 0 amide bonds. The summed E-state index contributed by atoms with van der Waals surface area (Å²) in [5.41, 5.74) is 5.92. The highest BCUT2D eigenvalue weighted by molar-refractivity contribution is 5.91. The normalized spacial score (nSPS) is 11.1. The fourth-order valence-electron chi connectivity index (χ4n) is 1.97. The Bertz CT molecular complexity index is 650. The number of aromatic nitrogens is 2. The minimum Gasteiger partial charge on any atom is -0.383 e. The van der Waals surface area contributed by atoms with Crippen LogP contribution in [0.4, 0.5) is 14.6 Å². The average Bonchev–Trinajstić information content (AvgIpc) is 2.68. The van der Waals surface area contributed by atoms with Crippen molar-refractivity contribution in [2.24, 2.45) is 5.92 Å². The molecule has 1 heterocycles. The first kappa shape index (κ1) is 14.2. The number of anilines is 1. The molecule has 0 bridgehead atoms. The highest BCUT2D eigenvalue weighted by Gasteiger charge is 2.20. The van der Waals surface area contributed by atoms with Crippen LogP contribution in [0.25, 0.3) is 11.3 Å². The molecule has 1 aromatic carbocycles. The minimum atomic E-state index is -0.649. The van der Waals surface area contributed by atoms with E-state index in [4.69, 9.17) is 5.73 Å². The summed E-state index contributed by atoms with van der Waals surface area (Å²) in [6.07, 6.45) is 0.513. The highest BCUT2D eigenvalue weighted by atomic mass is 19.1. The minimum absolute atomic E-state index is 0.0650. The van der Waals surface area contributed by atoms with Gasteiger partial charge in [-0.25, -0.2) is 13.5 Å². The second kappa shape index (κ2) is 5.40. The molecule has 0 saturated carbocycles. The van der Waals surface area contributed by atoms with Crippen molar-refractivity contribution in [3.63, 3.8) is 0 Å². The third kappa shape index (κ3) is 2.54. The van der Waals surface area contributed by atoms with Gasteiger partial charge in [-0.15, -0.1) is 0 Å². The van der Waals surface area contributed by atoms with Crippen LogP contribution in [0, 0.1) is 17.6 Å². The molecule has 0 fully saturated rings. The van der Waals surface area contributed by atoms with Crippen molar-refractivity contribution in [1.29, 1.82) is 0 Å². The first-order valence-electron chi connectivity index (χ1n) is 6.21. The number of nitrogen functional groups attached to an aromatic ring is 1. The van der Waals surface area contributed by atoms with Crippen molar-refractivity contribution >= 4 is 12.1 Å². The number of hydrogen-bond donors (Lipinski definition) is 1. The number of nitrogens with two attached hydrogens (primary N) is 1. The van der Waals surface area contributed by atoms with E-state index in [9.17, 15) is 13.6 Å². The zero-order valence-corrected chi connectivity index (χ0v) is 11.2. The maximum Gasteiger partial charge on any atom is 0.156 e. The summed E-state index contributed by atoms with van der Waals surface area (Å²) in [6, 6.07) is 3.01. The number of rotatable bonds is 4. The lowest BCUT2D eigenvalue weighted by atomic mass is 10.1. The molecular formula is C14H15F2N3O. The van der Waals surface area contributed by atoms with Crippen molar-refractivity contribution in [1.82, 2.24) is 9.78 Å². The SMILES string of the molecule is CC(C)Cn1nc(-c2cc(F)ccc2F)c(C=O)c1N. The van der Waals surface area contributed by atoms with E-state index in [1.165, 1.54) is 4.68 Å². The summed E-state index contributed by atoms with van der Waals surface area (Å²) < 4.78 is 28.5. The first-order valence-corrected chi connectivity index (χ1v) is 6.21. The lowest BCUT2D eigenvalue weighted by molar-refractivity contribution is 0.112. The van der Waals surface area contributed by atoms with Crippen molar-refractivity contribution in [2.75, 3.05) is 5.73 Å². The van der Waals surface area contributed by atoms with Gasteiger partial charge in [-0.1, -0.05) is 13.8 Å². The second-order valence-electron chi connectivity index (χ2n) is 4.97. The molecule has 2 N–H and O–H groups in total. The Balaban J connectivity index is 2.61. The van der Waals surface area contributed by atoms with Gasteiger partial charge in [0.25, 0.3) is 0 Å². The van der Waals surface area contributed by atoms with Crippen LogP contribution in [-0.4, -0.2) is 16.1 Å². The molecule has 1 aromatic heterocycles. The predicted molar refractivity (Wildman–Crippen MR) is 72.2 cm³/mol. The maximum atomic E-state index is 13.8. The number of benzene rings is 1. The molecule has 0 radical (unpaired) electrons. The average molecular weight is 279 g/mol. The van der Waals surface area contributed by atoms with Gasteiger partial charge in [0.2, 0.25) is 0 Å². The highest BCUT2D eigenvalue weighted by Crippen LogP contribution is 2.29. The molecule has 0 saturated heterocycles. The van der Waals surface area contributed by atoms with Gasteiger partial charge in [-0.05, 0) is 24.1 Å². The van der Waals surface area contributed by atoms with E-state index < -0.39 is 11.6 Å². The third-order valence-corrected chi connectivity index (χ3v) is 2.87. The number of hydrogen-bond acceptors (Lipinski definition) is 3. The van der Waals surface area contributed by atoms with Crippen molar-refractivity contribution in [2.45, 2.75) is 20.4 Å². The monoisotopic (exact) mass is 279 g/mol. The van der Waals surface area contributed by atoms with E-state index >= 15 is 0 Å². The van der Waals surface area contributed by atoms with Crippen LogP contribution in [0.3, 0.4) is 0 Å². The summed E-state index contributed by atoms with van der Waals surface area (Å²) in [7, 11) is 0. The van der Waals surface area contributed by atoms with Crippen molar-refractivity contribution < 1.29 is 13.6 Å². The lowest BCUT2D eigenvalue weighted by Gasteiger charge is -2.06. The summed E-state index contributed by atoms with van der Waals surface area (Å²) in [4.78, 5) is 11.2. The number of nitrogens with zero attached hydrogens (tertiary/aromatic N) is 2. The van der Waals surface area contributed by atoms with Crippen LogP contribution < -0.4 is 5.73 Å². The van der Waals surface area contributed by atoms with Gasteiger partial charge in [0.1, 0.15) is 23.1 Å². The van der Waals surface area contributed by atoms with Crippen LogP contribution in [0.5, 0.6) is 0 Å². The van der Waals surface area contributed by atoms with Crippen LogP contribution in [0.1, 0.15) is 24.2 Å². The smallest absolute Gasteiger partial charge is 0.156 e. The number of carbonyl (C=O) groups is 1. The quantitative estimate of drug-likeness (QED) is 0.875. The Hall–Kier alpha value is -2.24. The standard InChI is InChI=1S/C14H15F2N3O/c1-8(2)6-19-14(17)11(7-20)13(18-19)10-5-9(15)3-4-12(10)16/h3-5,7-8H,6,17H2,1-2H3. The summed E-state index contributed by atoms with van der Waals surface area (Å²) in [6.45, 7) is 4.41. The summed E-state index contributed by atoms with van der Waals surface area (Å²) in [5.74, 6) is -0.840. The molecule has 2 rings (SSSR count). The van der Waals surface area contributed by atoms with E-state index in [2.05, 4.69) is 5.10 Å². The van der Waals surface area contributed by atoms with Gasteiger partial charge in [0.15, 0.2) is 6.29 Å². The largest absolute Gasteiger partial charge is 0.383 e. The van der Waals surface area contributed by atoms with Crippen molar-refractivity contribution in [3.8, 4) is 11.3 Å². The van der Waals surface area contributed by atoms with Gasteiger partial charge in [0, 0.05) is 12.1 Å². The number of aldehydes is 1. The molecule has 106 valence electrons. The number of carbonyl (C=O) groups excluding carboxylic acids is 1. The van der Waals surface area contributed by atoms with Crippen LogP contribution >= 0.6 is 0 Å². The predicted octanol–water partition coefficient (Wildman–Crippen LogP) is 2.88. The lowest BCUT2D eigenvalue weighted by Crippen LogP contribution is -2.09. The molecule has 6 heteroatoms. The Morgan fingerprint density at radius 1 is 1.40 bits per heavy atom. The van der Waals surface area contributed by atoms with E-state index in [1.807, 2.05) is 13.8 Å². The molecule has 0 spiro atoms. The molecule has 0 aliphatic heterocycles. The Kier molecular flexibility index (Phi) is 3.83. The Morgan fingerprint density at radius 3 is 2.70 bits per heavy atom. The molecule has 0 atom stereocenters. The summed E-state index contributed by atoms with van der Waals surface area (Å²) >= 11 is 0. The van der Waals surface area contributed by atoms with E-state index in [1.54, 1.807) is 0 Å². The molecule has 0 unspecified atom stereocenters. The van der Waals surface area contributed by atoms with Crippen LogP contribution in [0.2, 0.25) is 0 Å². The Labute approximate surface area is 115 Å². The zero-order valence-electron chi connectivity index (χ0n) is 11.2. The van der Waals surface area contributed by atoms with E-state index in [0.717, 1.165) is 18.2 Å². The van der Waals surface area contributed by atoms with Crippen molar-refractivity contribution in [3.05, 3.63) is 35.4 Å². The third-order valence-electron chi connectivity index (χ3n) is 2.87. The fraction of sp³-hybridized carbons (Fsp3) is 0.286. The first-order chi connectivity index (χ1) is 9.43. The number of halogens is 2. The second-order valence-corrected chi connectivity index (χ2v) is 4.97. The molecule has 0 aliphatic carbocycles. The molecular weight excluding hydrogens is 264 g/mol. The van der Waals surface area contributed by atoms with Gasteiger partial charge in [-0.3, -0.25) is 4.79 Å². The van der Waals surface area contributed by atoms with Gasteiger partial charge < -0.3 is 5.73 Å². The molecule has 4 nitrogen and oxygen atoms in total. The fourth-order valence-corrected chi connectivity index (χ4v) is 1.97. The topological polar surface area (TPSA) is 60.9 Å². The molecule has 2 aromatic rings. The zero-order chi connectivity index (χ0) is 14.9. The summed E-state index contributed by atoms with van der Waals surface area (Å²) in [5, 5.41) is 4.15. The van der Waals surface area contributed by atoms with Gasteiger partial charge >= 0.3 is 0 Å². The maximum absolute atomic E-state index is 13.8.